The molecule has 0 unspecified atom stereocenters. The van der Waals surface area contributed by atoms with Gasteiger partial charge in [-0.15, -0.1) is 0 Å². The van der Waals surface area contributed by atoms with Gasteiger partial charge in [-0.1, -0.05) is 12.1 Å². The van der Waals surface area contributed by atoms with Crippen LogP contribution in [0, 0.1) is 0 Å². The van der Waals surface area contributed by atoms with Crippen molar-refractivity contribution in [3.8, 4) is 5.75 Å². The van der Waals surface area contributed by atoms with E-state index in [-0.39, 0.29) is 12.1 Å². The molecule has 1 amide bonds. The minimum absolute atomic E-state index is 0.150. The molecule has 1 aliphatic heterocycles. The lowest BCUT2D eigenvalue weighted by Gasteiger charge is -2.39. The Morgan fingerprint density at radius 2 is 1.75 bits per heavy atom. The highest BCUT2D eigenvalue weighted by Crippen LogP contribution is 2.24. The van der Waals surface area contributed by atoms with Gasteiger partial charge in [0, 0.05) is 38.8 Å². The Morgan fingerprint density at radius 1 is 1.17 bits per heavy atom. The first-order valence-electron chi connectivity index (χ1n) is 8.40. The lowest BCUT2D eigenvalue weighted by molar-refractivity contribution is 0.0106. The number of amides is 1. The third kappa shape index (κ3) is 4.85. The molecule has 1 aromatic carbocycles. The number of carbonyl (C=O) groups excluding carboxylic acids is 1. The van der Waals surface area contributed by atoms with Gasteiger partial charge in [-0.2, -0.15) is 0 Å². The van der Waals surface area contributed by atoms with E-state index in [0.29, 0.717) is 19.6 Å². The van der Waals surface area contributed by atoms with E-state index in [4.69, 9.17) is 15.2 Å². The SMILES string of the molecule is COc1ccc([C@H](CN)N2CCN(C(=O)OC(C)(C)C)CC2)cc1. The monoisotopic (exact) mass is 335 g/mol. The average molecular weight is 335 g/mol. The summed E-state index contributed by atoms with van der Waals surface area (Å²) < 4.78 is 10.6. The van der Waals surface area contributed by atoms with Crippen LogP contribution in [0.15, 0.2) is 24.3 Å². The van der Waals surface area contributed by atoms with Crippen LogP contribution in [0.5, 0.6) is 5.75 Å². The highest BCUT2D eigenvalue weighted by molar-refractivity contribution is 5.68. The molecule has 0 aromatic heterocycles. The Kier molecular flexibility index (Phi) is 6.07. The van der Waals surface area contributed by atoms with E-state index in [2.05, 4.69) is 17.0 Å². The molecule has 0 spiro atoms. The Bertz CT molecular complexity index is 531. The first kappa shape index (κ1) is 18.5. The summed E-state index contributed by atoms with van der Waals surface area (Å²) in [4.78, 5) is 16.2. The average Bonchev–Trinajstić information content (AvgIpc) is 2.55. The lowest BCUT2D eigenvalue weighted by Crippen LogP contribution is -2.51. The number of benzene rings is 1. The van der Waals surface area contributed by atoms with Crippen molar-refractivity contribution >= 4 is 6.09 Å². The molecule has 0 radical (unpaired) electrons. The van der Waals surface area contributed by atoms with Crippen molar-refractivity contribution in [2.24, 2.45) is 5.73 Å². The number of ether oxygens (including phenoxy) is 2. The van der Waals surface area contributed by atoms with Crippen molar-refractivity contribution in [2.75, 3.05) is 39.8 Å². The Hall–Kier alpha value is -1.79. The Balaban J connectivity index is 1.95. The summed E-state index contributed by atoms with van der Waals surface area (Å²) in [5.41, 5.74) is 6.71. The van der Waals surface area contributed by atoms with Crippen molar-refractivity contribution < 1.29 is 14.3 Å². The van der Waals surface area contributed by atoms with Crippen LogP contribution < -0.4 is 10.5 Å². The standard InChI is InChI=1S/C18H29N3O3/c1-18(2,3)24-17(22)21-11-9-20(10-12-21)16(13-19)14-5-7-15(23-4)8-6-14/h5-8,16H,9-13,19H2,1-4H3/t16-/m0/s1. The molecule has 24 heavy (non-hydrogen) atoms. The van der Waals surface area contributed by atoms with Crippen LogP contribution >= 0.6 is 0 Å². The third-order valence-electron chi connectivity index (χ3n) is 4.13. The van der Waals surface area contributed by atoms with Gasteiger partial charge < -0.3 is 20.1 Å². The maximum Gasteiger partial charge on any atom is 0.410 e. The van der Waals surface area contributed by atoms with Crippen LogP contribution in [0.25, 0.3) is 0 Å². The highest BCUT2D eigenvalue weighted by Gasteiger charge is 2.28. The van der Waals surface area contributed by atoms with Gasteiger partial charge in [-0.25, -0.2) is 4.79 Å². The number of nitrogens with two attached hydrogens (primary N) is 1. The third-order valence-corrected chi connectivity index (χ3v) is 4.13. The second kappa shape index (κ2) is 7.85. The number of hydrogen-bond acceptors (Lipinski definition) is 5. The molecule has 0 aliphatic carbocycles. The zero-order valence-electron chi connectivity index (χ0n) is 15.1. The Labute approximate surface area is 144 Å². The second-order valence-electron chi connectivity index (χ2n) is 7.03. The predicted octanol–water partition coefficient (Wildman–Crippen LogP) is 2.25. The van der Waals surface area contributed by atoms with Gasteiger partial charge in [0.05, 0.1) is 7.11 Å². The van der Waals surface area contributed by atoms with Crippen molar-refractivity contribution in [3.63, 3.8) is 0 Å². The molecular formula is C18H29N3O3. The Morgan fingerprint density at radius 3 is 2.21 bits per heavy atom. The summed E-state index contributed by atoms with van der Waals surface area (Å²) in [5.74, 6) is 0.837. The van der Waals surface area contributed by atoms with Crippen molar-refractivity contribution in [3.05, 3.63) is 29.8 Å². The van der Waals surface area contributed by atoms with Gasteiger partial charge in [0.1, 0.15) is 11.4 Å². The van der Waals surface area contributed by atoms with Gasteiger partial charge in [0.25, 0.3) is 0 Å². The van der Waals surface area contributed by atoms with E-state index < -0.39 is 5.60 Å². The second-order valence-corrected chi connectivity index (χ2v) is 7.03. The summed E-state index contributed by atoms with van der Waals surface area (Å²) in [5, 5.41) is 0. The normalized spacial score (nSPS) is 17.5. The molecule has 1 heterocycles. The highest BCUT2D eigenvalue weighted by atomic mass is 16.6. The molecule has 6 heteroatoms. The van der Waals surface area contributed by atoms with E-state index in [1.165, 1.54) is 5.56 Å². The van der Waals surface area contributed by atoms with Gasteiger partial charge in [-0.05, 0) is 38.5 Å². The molecule has 1 fully saturated rings. The quantitative estimate of drug-likeness (QED) is 0.914. The van der Waals surface area contributed by atoms with Gasteiger partial charge in [0.2, 0.25) is 0 Å². The van der Waals surface area contributed by atoms with Crippen LogP contribution in [0.2, 0.25) is 0 Å². The molecule has 134 valence electrons. The number of methoxy groups -OCH3 is 1. The molecule has 1 atom stereocenters. The largest absolute Gasteiger partial charge is 0.497 e. The molecule has 6 nitrogen and oxygen atoms in total. The van der Waals surface area contributed by atoms with Crippen molar-refractivity contribution in [1.82, 2.24) is 9.80 Å². The van der Waals surface area contributed by atoms with Crippen LogP contribution in [0.3, 0.4) is 0 Å². The number of piperazine rings is 1. The van der Waals surface area contributed by atoms with Gasteiger partial charge >= 0.3 is 6.09 Å². The van der Waals surface area contributed by atoms with E-state index in [1.807, 2.05) is 32.9 Å². The minimum atomic E-state index is -0.461. The first-order valence-corrected chi connectivity index (χ1v) is 8.40. The number of rotatable bonds is 4. The molecule has 0 bridgehead atoms. The van der Waals surface area contributed by atoms with E-state index in [9.17, 15) is 4.79 Å². The van der Waals surface area contributed by atoms with E-state index in [1.54, 1.807) is 12.0 Å². The van der Waals surface area contributed by atoms with Crippen LogP contribution in [-0.4, -0.2) is 61.3 Å². The summed E-state index contributed by atoms with van der Waals surface area (Å²) >= 11 is 0. The van der Waals surface area contributed by atoms with E-state index in [0.717, 1.165) is 18.8 Å². The molecule has 2 rings (SSSR count). The molecule has 1 aliphatic rings. The van der Waals surface area contributed by atoms with Crippen LogP contribution in [0.1, 0.15) is 32.4 Å². The van der Waals surface area contributed by atoms with Gasteiger partial charge in [0.15, 0.2) is 0 Å². The fourth-order valence-electron chi connectivity index (χ4n) is 2.86. The van der Waals surface area contributed by atoms with Crippen molar-refractivity contribution in [2.45, 2.75) is 32.4 Å². The van der Waals surface area contributed by atoms with Crippen LogP contribution in [-0.2, 0) is 4.74 Å². The fourth-order valence-corrected chi connectivity index (χ4v) is 2.86. The first-order chi connectivity index (χ1) is 11.3. The zero-order chi connectivity index (χ0) is 17.7. The molecular weight excluding hydrogens is 306 g/mol. The topological polar surface area (TPSA) is 68.0 Å². The summed E-state index contributed by atoms with van der Waals surface area (Å²) in [7, 11) is 1.66. The number of carbonyl (C=O) groups is 1. The molecule has 1 aromatic rings. The molecule has 2 N–H and O–H groups in total. The zero-order valence-corrected chi connectivity index (χ0v) is 15.1. The minimum Gasteiger partial charge on any atom is -0.497 e. The smallest absolute Gasteiger partial charge is 0.410 e. The summed E-state index contributed by atoms with van der Waals surface area (Å²) in [6.45, 7) is 9.07. The van der Waals surface area contributed by atoms with E-state index >= 15 is 0 Å². The van der Waals surface area contributed by atoms with Crippen molar-refractivity contribution in [1.29, 1.82) is 0 Å². The predicted molar refractivity (Wildman–Crippen MR) is 94.2 cm³/mol. The fraction of sp³-hybridized carbons (Fsp3) is 0.611. The summed E-state index contributed by atoms with van der Waals surface area (Å²) in [6.07, 6.45) is -0.240. The lowest BCUT2D eigenvalue weighted by atomic mass is 10.0. The molecule has 1 saturated heterocycles. The molecule has 0 saturated carbocycles. The summed E-state index contributed by atoms with van der Waals surface area (Å²) in [6, 6.07) is 8.16. The number of hydrogen-bond donors (Lipinski definition) is 1. The number of nitrogens with zero attached hydrogens (tertiary/aromatic N) is 2. The van der Waals surface area contributed by atoms with Gasteiger partial charge in [-0.3, -0.25) is 4.90 Å². The van der Waals surface area contributed by atoms with Crippen LogP contribution in [0.4, 0.5) is 4.79 Å². The maximum absolute atomic E-state index is 12.1. The maximum atomic E-state index is 12.1.